The van der Waals surface area contributed by atoms with Crippen molar-refractivity contribution in [1.82, 2.24) is 9.18 Å². The molecule has 0 aliphatic carbocycles. The molecule has 0 aromatic heterocycles. The van der Waals surface area contributed by atoms with E-state index in [0.29, 0.717) is 25.7 Å². The number of hydrogen-bond acceptors (Lipinski definition) is 8. The topological polar surface area (TPSA) is 145 Å². The van der Waals surface area contributed by atoms with E-state index in [1.165, 1.54) is 6.07 Å². The van der Waals surface area contributed by atoms with Crippen LogP contribution in [0.4, 0.5) is 22.7 Å². The third-order valence-electron chi connectivity index (χ3n) is 8.20. The molecule has 0 saturated heterocycles. The van der Waals surface area contributed by atoms with Crippen LogP contribution < -0.4 is 9.18 Å². The van der Waals surface area contributed by atoms with Gasteiger partial charge < -0.3 is 0 Å². The van der Waals surface area contributed by atoms with Crippen LogP contribution in [0.5, 0.6) is 0 Å². The van der Waals surface area contributed by atoms with Crippen molar-refractivity contribution in [2.24, 2.45) is 10.6 Å². The fourth-order valence-corrected chi connectivity index (χ4v) is 5.67. The molecule has 12 heteroatoms. The minimum absolute atomic E-state index is 0.0110. The Balaban J connectivity index is 3.93. The van der Waals surface area contributed by atoms with Crippen LogP contribution >= 0.6 is 0 Å². The van der Waals surface area contributed by atoms with Crippen LogP contribution in [0.1, 0.15) is 130 Å². The Morgan fingerprint density at radius 2 is 0.810 bits per heavy atom. The van der Waals surface area contributed by atoms with Crippen molar-refractivity contribution in [3.63, 3.8) is 0 Å². The van der Waals surface area contributed by atoms with Crippen LogP contribution in [0.25, 0.3) is 0 Å². The number of unbranched alkanes of at least 4 members (excludes halogenated alkanes) is 12. The average Bonchev–Trinajstić information content (AvgIpc) is 2.99. The molecule has 1 aromatic carbocycles. The van der Waals surface area contributed by atoms with E-state index >= 15 is 0 Å². The number of nitroso groups, excluding NO2 is 2. The van der Waals surface area contributed by atoms with E-state index < -0.39 is 30.4 Å². The maximum absolute atomic E-state index is 12.7. The molecule has 1 rings (SSSR count). The molecule has 0 unspecified atom stereocenters. The lowest BCUT2D eigenvalue weighted by molar-refractivity contribution is -0.394. The maximum atomic E-state index is 12.7. The third-order valence-corrected chi connectivity index (χ3v) is 8.20. The lowest BCUT2D eigenvalue weighted by atomic mass is 10.1. The fraction of sp³-hybridized carbons (Fsp3) is 0.800. The summed E-state index contributed by atoms with van der Waals surface area (Å²) in [7, 11) is 0. The van der Waals surface area contributed by atoms with Crippen LogP contribution in [0.15, 0.2) is 22.7 Å². The minimum Gasteiger partial charge on any atom is -0.258 e. The summed E-state index contributed by atoms with van der Waals surface area (Å²) in [5.41, 5.74) is -1.01. The Labute approximate surface area is 251 Å². The van der Waals surface area contributed by atoms with Gasteiger partial charge in [-0.1, -0.05) is 88.9 Å². The van der Waals surface area contributed by atoms with Gasteiger partial charge in [0.25, 0.3) is 0 Å². The standard InChI is InChI=1S/C30H54N6O6/c1-5-9-13-17-21-35(31-37,22-18-14-10-6-2)29-26-30(28(34(41)42)25-27(29)33(39)40)36(32-38,23-19-15-11-7-3)24-20-16-12-8-4/h25-26H,5-24H2,1-4H3/q+2. The second-order valence-corrected chi connectivity index (χ2v) is 11.5. The number of benzene rings is 1. The maximum Gasteiger partial charge on any atom is 0.339 e. The van der Waals surface area contributed by atoms with Crippen molar-refractivity contribution in [2.45, 2.75) is 130 Å². The van der Waals surface area contributed by atoms with E-state index in [1.54, 1.807) is 0 Å². The largest absolute Gasteiger partial charge is 0.339 e. The SMILES string of the molecule is CCCCCC[N+](CCCCCC)(N=O)c1cc([N+](CCCCCC)(CCCCCC)N=O)c([N+](=O)[O-])cc1[N+](=O)[O-]. The molecule has 1 aromatic rings. The van der Waals surface area contributed by atoms with Gasteiger partial charge in [-0.25, -0.2) is 0 Å². The van der Waals surface area contributed by atoms with E-state index in [2.05, 4.69) is 38.3 Å². The summed E-state index contributed by atoms with van der Waals surface area (Å²) in [6.45, 7) is 9.27. The molecule has 0 heterocycles. The first-order valence-electron chi connectivity index (χ1n) is 16.1. The number of nitro benzene ring substituents is 2. The molecule has 0 aliphatic heterocycles. The molecule has 0 radical (unpaired) electrons. The van der Waals surface area contributed by atoms with Crippen LogP contribution in [-0.4, -0.2) is 36.0 Å². The van der Waals surface area contributed by atoms with Gasteiger partial charge in [0.05, 0.1) is 15.9 Å². The Kier molecular flexibility index (Phi) is 17.8. The summed E-state index contributed by atoms with van der Waals surface area (Å²) >= 11 is 0. The number of hydrogen-bond donors (Lipinski definition) is 0. The third kappa shape index (κ3) is 10.8. The Morgan fingerprint density at radius 3 is 1.02 bits per heavy atom. The summed E-state index contributed by atoms with van der Waals surface area (Å²) in [4.78, 5) is 48.9. The molecule has 0 amide bonds. The zero-order valence-corrected chi connectivity index (χ0v) is 26.4. The highest BCUT2D eigenvalue weighted by Gasteiger charge is 2.48. The van der Waals surface area contributed by atoms with Crippen LogP contribution in [0.3, 0.4) is 0 Å². The average molecular weight is 595 g/mol. The summed E-state index contributed by atoms with van der Waals surface area (Å²) in [6, 6.07) is 2.29. The van der Waals surface area contributed by atoms with Gasteiger partial charge in [0.15, 0.2) is 10.6 Å². The number of nitro groups is 2. The van der Waals surface area contributed by atoms with E-state index in [0.717, 1.165) is 83.1 Å². The molecular formula is C30H54N6O6+2. The van der Waals surface area contributed by atoms with Gasteiger partial charge in [0.2, 0.25) is 11.4 Å². The monoisotopic (exact) mass is 594 g/mol. The number of rotatable bonds is 26. The minimum atomic E-state index is -0.673. The summed E-state index contributed by atoms with van der Waals surface area (Å²) in [5, 5.41) is 31.8. The van der Waals surface area contributed by atoms with Gasteiger partial charge in [0.1, 0.15) is 32.2 Å². The van der Waals surface area contributed by atoms with Crippen molar-refractivity contribution in [1.29, 1.82) is 0 Å². The van der Waals surface area contributed by atoms with E-state index in [9.17, 15) is 30.0 Å². The highest BCUT2D eigenvalue weighted by Crippen LogP contribution is 2.46. The lowest BCUT2D eigenvalue weighted by Gasteiger charge is -2.31. The number of nitrogens with zero attached hydrogens (tertiary/aromatic N) is 6. The molecule has 0 saturated carbocycles. The van der Waals surface area contributed by atoms with Crippen molar-refractivity contribution in [3.8, 4) is 0 Å². The van der Waals surface area contributed by atoms with Gasteiger partial charge >= 0.3 is 11.4 Å². The first kappa shape index (κ1) is 37.2. The first-order valence-corrected chi connectivity index (χ1v) is 16.1. The smallest absolute Gasteiger partial charge is 0.258 e. The predicted molar refractivity (Wildman–Crippen MR) is 171 cm³/mol. The van der Waals surface area contributed by atoms with E-state index in [-0.39, 0.29) is 37.6 Å². The molecule has 238 valence electrons. The number of quaternary nitrogens is 2. The first-order chi connectivity index (χ1) is 20.2. The highest BCUT2D eigenvalue weighted by molar-refractivity contribution is 5.75. The van der Waals surface area contributed by atoms with Crippen molar-refractivity contribution in [2.75, 3.05) is 26.2 Å². The van der Waals surface area contributed by atoms with E-state index in [1.807, 2.05) is 0 Å². The van der Waals surface area contributed by atoms with Crippen LogP contribution in [0.2, 0.25) is 0 Å². The Hall–Kier alpha value is -2.86. The van der Waals surface area contributed by atoms with Gasteiger partial charge in [-0.05, 0) is 51.4 Å². The zero-order chi connectivity index (χ0) is 31.4. The Bertz CT molecular complexity index is 892. The predicted octanol–water partition coefficient (Wildman–Crippen LogP) is 9.80. The van der Waals surface area contributed by atoms with Gasteiger partial charge in [0, 0.05) is 0 Å². The normalized spacial score (nSPS) is 11.9. The van der Waals surface area contributed by atoms with Crippen molar-refractivity contribution in [3.05, 3.63) is 42.2 Å². The molecule has 0 atom stereocenters. The summed E-state index contributed by atoms with van der Waals surface area (Å²) < 4.78 is -1.08. The molecule has 0 N–H and O–H groups in total. The quantitative estimate of drug-likeness (QED) is 0.0343. The lowest BCUT2D eigenvalue weighted by Crippen LogP contribution is -2.48. The summed E-state index contributed by atoms with van der Waals surface area (Å²) in [6.07, 6.45) is 13.5. The Morgan fingerprint density at radius 1 is 0.524 bits per heavy atom. The molecule has 0 bridgehead atoms. The molecule has 42 heavy (non-hydrogen) atoms. The van der Waals surface area contributed by atoms with E-state index in [4.69, 9.17) is 0 Å². The molecule has 0 spiro atoms. The summed E-state index contributed by atoms with van der Waals surface area (Å²) in [5.74, 6) is 0. The second-order valence-electron chi connectivity index (χ2n) is 11.5. The van der Waals surface area contributed by atoms with Crippen LogP contribution in [-0.2, 0) is 0 Å². The molecule has 0 fully saturated rings. The van der Waals surface area contributed by atoms with Gasteiger partial charge in [-0.3, -0.25) is 20.2 Å². The van der Waals surface area contributed by atoms with Gasteiger partial charge in [-0.15, -0.1) is 9.18 Å². The van der Waals surface area contributed by atoms with Crippen LogP contribution in [0, 0.1) is 30.0 Å². The zero-order valence-electron chi connectivity index (χ0n) is 26.4. The fourth-order valence-electron chi connectivity index (χ4n) is 5.67. The molecule has 12 nitrogen and oxygen atoms in total. The second kappa shape index (κ2) is 20.1. The highest BCUT2D eigenvalue weighted by atomic mass is 16.6. The molecule has 0 aliphatic rings. The van der Waals surface area contributed by atoms with Crippen molar-refractivity contribution < 1.29 is 9.85 Å². The van der Waals surface area contributed by atoms with Crippen molar-refractivity contribution >= 4 is 22.7 Å². The molecular weight excluding hydrogens is 540 g/mol. The van der Waals surface area contributed by atoms with Gasteiger partial charge in [-0.2, -0.15) is 0 Å².